The number of aliphatic carboxylic acids is 1. The van der Waals surface area contributed by atoms with Crippen LogP contribution in [0.5, 0.6) is 0 Å². The Kier molecular flexibility index (Phi) is 5.30. The van der Waals surface area contributed by atoms with Crippen molar-refractivity contribution >= 4 is 11.9 Å². The molecule has 0 heterocycles. The smallest absolute Gasteiger partial charge is 0.326 e. The molecule has 2 N–H and O–H groups in total. The molecule has 0 aliphatic carbocycles. The third-order valence-electron chi connectivity index (χ3n) is 2.90. The van der Waals surface area contributed by atoms with Crippen LogP contribution in [0.4, 0.5) is 0 Å². The minimum Gasteiger partial charge on any atom is -0.480 e. The van der Waals surface area contributed by atoms with Gasteiger partial charge in [-0.15, -0.1) is 6.58 Å². The predicted molar refractivity (Wildman–Crippen MR) is 74.2 cm³/mol. The average Bonchev–Trinajstić information content (AvgIpc) is 2.36. The second-order valence-corrected chi connectivity index (χ2v) is 4.55. The summed E-state index contributed by atoms with van der Waals surface area (Å²) in [6.07, 6.45) is 2.53. The Hall–Kier alpha value is -2.10. The monoisotopic (exact) mass is 261 g/mol. The molecule has 19 heavy (non-hydrogen) atoms. The number of hydrogen-bond donors (Lipinski definition) is 2. The maximum Gasteiger partial charge on any atom is 0.326 e. The maximum atomic E-state index is 12.1. The van der Waals surface area contributed by atoms with Gasteiger partial charge in [0.15, 0.2) is 0 Å². The Morgan fingerprint density at radius 2 is 2.11 bits per heavy atom. The molecule has 4 nitrogen and oxygen atoms in total. The van der Waals surface area contributed by atoms with Gasteiger partial charge in [-0.2, -0.15) is 0 Å². The van der Waals surface area contributed by atoms with Gasteiger partial charge in [-0.1, -0.05) is 23.8 Å². The third-order valence-corrected chi connectivity index (χ3v) is 2.90. The zero-order valence-corrected chi connectivity index (χ0v) is 11.3. The van der Waals surface area contributed by atoms with E-state index in [4.69, 9.17) is 5.11 Å². The molecule has 1 aromatic carbocycles. The summed E-state index contributed by atoms with van der Waals surface area (Å²) in [4.78, 5) is 23.2. The second kappa shape index (κ2) is 6.73. The van der Waals surface area contributed by atoms with Gasteiger partial charge in [-0.05, 0) is 38.3 Å². The van der Waals surface area contributed by atoms with Crippen molar-refractivity contribution in [2.24, 2.45) is 0 Å². The Morgan fingerprint density at radius 3 is 2.68 bits per heavy atom. The first-order chi connectivity index (χ1) is 8.95. The van der Waals surface area contributed by atoms with Gasteiger partial charge < -0.3 is 10.4 Å². The van der Waals surface area contributed by atoms with Crippen LogP contribution in [-0.2, 0) is 4.79 Å². The van der Waals surface area contributed by atoms with Gasteiger partial charge in [0.2, 0.25) is 0 Å². The van der Waals surface area contributed by atoms with Gasteiger partial charge in [0.05, 0.1) is 0 Å². The molecule has 1 atom stereocenters. The number of allylic oxidation sites excluding steroid dienone is 1. The summed E-state index contributed by atoms with van der Waals surface area (Å²) in [5.74, 6) is -1.38. The molecule has 1 unspecified atom stereocenters. The van der Waals surface area contributed by atoms with Crippen molar-refractivity contribution in [3.8, 4) is 0 Å². The maximum absolute atomic E-state index is 12.1. The summed E-state index contributed by atoms with van der Waals surface area (Å²) in [7, 11) is 0. The number of carboxylic acid groups (broad SMARTS) is 1. The lowest BCUT2D eigenvalue weighted by Gasteiger charge is -2.15. The molecular weight excluding hydrogens is 242 g/mol. The van der Waals surface area contributed by atoms with Crippen LogP contribution in [0.3, 0.4) is 0 Å². The molecule has 1 amide bonds. The van der Waals surface area contributed by atoms with E-state index in [2.05, 4.69) is 11.9 Å². The molecule has 0 fully saturated rings. The molecule has 4 heteroatoms. The summed E-state index contributed by atoms with van der Waals surface area (Å²) in [5, 5.41) is 11.6. The number of carbonyl (C=O) groups is 2. The van der Waals surface area contributed by atoms with Crippen molar-refractivity contribution in [1.29, 1.82) is 0 Å². The average molecular weight is 261 g/mol. The lowest BCUT2D eigenvalue weighted by molar-refractivity contribution is -0.139. The van der Waals surface area contributed by atoms with Crippen LogP contribution >= 0.6 is 0 Å². The minimum atomic E-state index is -1.03. The highest BCUT2D eigenvalue weighted by Gasteiger charge is 2.20. The van der Waals surface area contributed by atoms with E-state index in [1.54, 1.807) is 12.1 Å². The van der Waals surface area contributed by atoms with Crippen LogP contribution in [0.15, 0.2) is 30.9 Å². The number of nitrogens with one attached hydrogen (secondary N) is 1. The molecule has 0 radical (unpaired) electrons. The lowest BCUT2D eigenvalue weighted by Crippen LogP contribution is -2.40. The van der Waals surface area contributed by atoms with Crippen LogP contribution < -0.4 is 5.32 Å². The molecule has 0 saturated heterocycles. The van der Waals surface area contributed by atoms with Gasteiger partial charge in [0, 0.05) is 5.56 Å². The Balaban J connectivity index is 2.84. The molecule has 1 aromatic rings. The van der Waals surface area contributed by atoms with E-state index in [0.717, 1.165) is 11.1 Å². The third kappa shape index (κ3) is 4.25. The summed E-state index contributed by atoms with van der Waals surface area (Å²) in [6, 6.07) is 4.64. The van der Waals surface area contributed by atoms with Gasteiger partial charge in [-0.3, -0.25) is 4.79 Å². The quantitative estimate of drug-likeness (QED) is 0.773. The number of aryl methyl sites for hydroxylation is 2. The largest absolute Gasteiger partial charge is 0.480 e. The zero-order chi connectivity index (χ0) is 14.4. The Morgan fingerprint density at radius 1 is 1.42 bits per heavy atom. The number of carboxylic acids is 1. The van der Waals surface area contributed by atoms with Crippen LogP contribution in [0.25, 0.3) is 0 Å². The summed E-state index contributed by atoms with van der Waals surface area (Å²) in [5.41, 5.74) is 2.31. The fourth-order valence-electron chi connectivity index (χ4n) is 1.76. The molecule has 0 aliphatic rings. The Bertz CT molecular complexity index is 494. The molecule has 0 bridgehead atoms. The van der Waals surface area contributed by atoms with E-state index in [-0.39, 0.29) is 5.91 Å². The molecule has 0 aromatic heterocycles. The van der Waals surface area contributed by atoms with Gasteiger partial charge in [-0.25, -0.2) is 4.79 Å². The first kappa shape index (κ1) is 15.0. The van der Waals surface area contributed by atoms with Crippen molar-refractivity contribution in [2.45, 2.75) is 32.7 Å². The second-order valence-electron chi connectivity index (χ2n) is 4.55. The van der Waals surface area contributed by atoms with E-state index < -0.39 is 12.0 Å². The van der Waals surface area contributed by atoms with E-state index in [1.807, 2.05) is 26.0 Å². The van der Waals surface area contributed by atoms with Crippen LogP contribution in [-0.4, -0.2) is 23.0 Å². The number of amides is 1. The van der Waals surface area contributed by atoms with Gasteiger partial charge in [0.1, 0.15) is 6.04 Å². The van der Waals surface area contributed by atoms with Crippen LogP contribution in [0.2, 0.25) is 0 Å². The fraction of sp³-hybridized carbons (Fsp3) is 0.333. The topological polar surface area (TPSA) is 66.4 Å². The summed E-state index contributed by atoms with van der Waals surface area (Å²) < 4.78 is 0. The van der Waals surface area contributed by atoms with Crippen molar-refractivity contribution in [2.75, 3.05) is 0 Å². The number of hydrogen-bond acceptors (Lipinski definition) is 2. The lowest BCUT2D eigenvalue weighted by atomic mass is 10.0. The predicted octanol–water partition coefficient (Wildman–Crippen LogP) is 2.45. The van der Waals surface area contributed by atoms with Crippen molar-refractivity contribution in [3.05, 3.63) is 47.5 Å². The summed E-state index contributed by atoms with van der Waals surface area (Å²) in [6.45, 7) is 7.27. The van der Waals surface area contributed by atoms with Gasteiger partial charge in [0.25, 0.3) is 5.91 Å². The van der Waals surface area contributed by atoms with E-state index >= 15 is 0 Å². The van der Waals surface area contributed by atoms with Crippen molar-refractivity contribution in [3.63, 3.8) is 0 Å². The van der Waals surface area contributed by atoms with E-state index in [1.165, 1.54) is 0 Å². The highest BCUT2D eigenvalue weighted by molar-refractivity contribution is 5.97. The number of benzene rings is 1. The molecule has 0 saturated carbocycles. The zero-order valence-electron chi connectivity index (χ0n) is 11.3. The molecular formula is C15H19NO3. The first-order valence-electron chi connectivity index (χ1n) is 6.17. The Labute approximate surface area is 113 Å². The molecule has 1 rings (SSSR count). The van der Waals surface area contributed by atoms with Crippen LogP contribution in [0, 0.1) is 13.8 Å². The minimum absolute atomic E-state index is 0.343. The SMILES string of the molecule is C=CCCC(NC(=O)c1cc(C)ccc1C)C(=O)O. The number of rotatable bonds is 6. The molecule has 0 aliphatic heterocycles. The summed E-state index contributed by atoms with van der Waals surface area (Å²) >= 11 is 0. The highest BCUT2D eigenvalue weighted by atomic mass is 16.4. The van der Waals surface area contributed by atoms with E-state index in [0.29, 0.717) is 18.4 Å². The molecule has 102 valence electrons. The normalized spacial score (nSPS) is 11.7. The first-order valence-corrected chi connectivity index (χ1v) is 6.17. The van der Waals surface area contributed by atoms with E-state index in [9.17, 15) is 9.59 Å². The molecule has 0 spiro atoms. The van der Waals surface area contributed by atoms with Crippen molar-refractivity contribution in [1.82, 2.24) is 5.32 Å². The van der Waals surface area contributed by atoms with Crippen molar-refractivity contribution < 1.29 is 14.7 Å². The fourth-order valence-corrected chi connectivity index (χ4v) is 1.76. The standard InChI is InChI=1S/C15H19NO3/c1-4-5-6-13(15(18)19)16-14(17)12-9-10(2)7-8-11(12)3/h4,7-9,13H,1,5-6H2,2-3H3,(H,16,17)(H,18,19). The van der Waals surface area contributed by atoms with Crippen LogP contribution in [0.1, 0.15) is 34.3 Å². The number of carbonyl (C=O) groups excluding carboxylic acids is 1. The van der Waals surface area contributed by atoms with Gasteiger partial charge >= 0.3 is 5.97 Å². The highest BCUT2D eigenvalue weighted by Crippen LogP contribution is 2.11.